The molecule has 1 saturated carbocycles. The number of hydrogen-bond donors (Lipinski definition) is 2. The zero-order valence-electron chi connectivity index (χ0n) is 15.1. The number of carbonyl (C=O) groups is 1. The number of hydrogen-bond acceptors (Lipinski definition) is 6. The summed E-state index contributed by atoms with van der Waals surface area (Å²) in [6.07, 6.45) is 2.81. The SMILES string of the molecule is O=C1O[C@@H](Cn2ccnn2)[C@@H]2Cc3cc(C4CCC(O)C(O)C4)c(F)cc3N12. The predicted octanol–water partition coefficient (Wildman–Crippen LogP) is 1.36. The van der Waals surface area contributed by atoms with Gasteiger partial charge in [0.05, 0.1) is 36.7 Å². The van der Waals surface area contributed by atoms with Crippen molar-refractivity contribution in [3.05, 3.63) is 41.5 Å². The molecular formula is C19H21FN4O4. The molecule has 2 fully saturated rings. The highest BCUT2D eigenvalue weighted by molar-refractivity contribution is 5.93. The fourth-order valence-electron chi connectivity index (χ4n) is 4.71. The average Bonchev–Trinajstić information content (AvgIpc) is 3.36. The minimum absolute atomic E-state index is 0.142. The molecule has 1 amide bonds. The quantitative estimate of drug-likeness (QED) is 0.823. The summed E-state index contributed by atoms with van der Waals surface area (Å²) < 4.78 is 22.0. The summed E-state index contributed by atoms with van der Waals surface area (Å²) in [6.45, 7) is 0.392. The molecule has 5 rings (SSSR count). The van der Waals surface area contributed by atoms with Gasteiger partial charge >= 0.3 is 6.09 Å². The van der Waals surface area contributed by atoms with Gasteiger partial charge < -0.3 is 14.9 Å². The van der Waals surface area contributed by atoms with Gasteiger partial charge in [0.2, 0.25) is 0 Å². The number of nitrogens with zero attached hydrogens (tertiary/aromatic N) is 4. The summed E-state index contributed by atoms with van der Waals surface area (Å²) in [4.78, 5) is 13.9. The van der Waals surface area contributed by atoms with Gasteiger partial charge in [0.15, 0.2) is 0 Å². The molecule has 1 aliphatic carbocycles. The van der Waals surface area contributed by atoms with Crippen LogP contribution in [-0.2, 0) is 17.7 Å². The molecule has 3 aliphatic rings. The third-order valence-electron chi connectivity index (χ3n) is 6.16. The number of halogens is 1. The molecule has 2 aliphatic heterocycles. The average molecular weight is 388 g/mol. The molecule has 2 aromatic rings. The second-order valence-corrected chi connectivity index (χ2v) is 7.84. The molecule has 0 radical (unpaired) electrons. The van der Waals surface area contributed by atoms with Gasteiger partial charge in [0.25, 0.3) is 0 Å². The molecule has 3 heterocycles. The van der Waals surface area contributed by atoms with Gasteiger partial charge in [-0.25, -0.2) is 13.9 Å². The Bertz CT molecular complexity index is 906. The van der Waals surface area contributed by atoms with E-state index in [1.165, 1.54) is 11.0 Å². The third-order valence-corrected chi connectivity index (χ3v) is 6.16. The van der Waals surface area contributed by atoms with E-state index in [0.717, 1.165) is 5.56 Å². The Kier molecular flexibility index (Phi) is 4.09. The maximum absolute atomic E-state index is 14.9. The smallest absolute Gasteiger partial charge is 0.415 e. The lowest BCUT2D eigenvalue weighted by atomic mass is 9.80. The van der Waals surface area contributed by atoms with Gasteiger partial charge in [-0.05, 0) is 48.8 Å². The first-order chi connectivity index (χ1) is 13.5. The van der Waals surface area contributed by atoms with Crippen LogP contribution >= 0.6 is 0 Å². The molecule has 1 saturated heterocycles. The summed E-state index contributed by atoms with van der Waals surface area (Å²) in [7, 11) is 0. The summed E-state index contributed by atoms with van der Waals surface area (Å²) >= 11 is 0. The molecule has 0 spiro atoms. The van der Waals surface area contributed by atoms with Gasteiger partial charge in [-0.3, -0.25) is 4.90 Å². The Balaban J connectivity index is 1.42. The number of ether oxygens (including phenoxy) is 1. The minimum Gasteiger partial charge on any atom is -0.442 e. The monoisotopic (exact) mass is 388 g/mol. The van der Waals surface area contributed by atoms with Gasteiger partial charge in [-0.1, -0.05) is 11.3 Å². The normalized spacial score (nSPS) is 31.6. The number of cyclic esters (lactones) is 1. The van der Waals surface area contributed by atoms with E-state index in [9.17, 15) is 19.4 Å². The van der Waals surface area contributed by atoms with Crippen molar-refractivity contribution in [1.82, 2.24) is 15.0 Å². The van der Waals surface area contributed by atoms with E-state index >= 15 is 0 Å². The van der Waals surface area contributed by atoms with Crippen molar-refractivity contribution in [2.45, 2.75) is 62.5 Å². The molecule has 0 bridgehead atoms. The lowest BCUT2D eigenvalue weighted by molar-refractivity contribution is -0.0152. The van der Waals surface area contributed by atoms with Crippen molar-refractivity contribution < 1.29 is 24.1 Å². The summed E-state index contributed by atoms with van der Waals surface area (Å²) in [5, 5.41) is 27.4. The van der Waals surface area contributed by atoms with Gasteiger partial charge in [0.1, 0.15) is 11.9 Å². The highest BCUT2D eigenvalue weighted by atomic mass is 19.1. The number of amides is 1. The van der Waals surface area contributed by atoms with Crippen molar-refractivity contribution >= 4 is 11.8 Å². The number of aromatic nitrogens is 3. The highest BCUT2D eigenvalue weighted by Crippen LogP contribution is 2.43. The van der Waals surface area contributed by atoms with Crippen LogP contribution in [0.25, 0.3) is 0 Å². The zero-order chi connectivity index (χ0) is 19.4. The van der Waals surface area contributed by atoms with Gasteiger partial charge in [0, 0.05) is 6.20 Å². The molecule has 5 atom stereocenters. The van der Waals surface area contributed by atoms with E-state index in [2.05, 4.69) is 10.3 Å². The fourth-order valence-corrected chi connectivity index (χ4v) is 4.71. The van der Waals surface area contributed by atoms with Crippen LogP contribution in [0.2, 0.25) is 0 Å². The van der Waals surface area contributed by atoms with Gasteiger partial charge in [-0.2, -0.15) is 0 Å². The van der Waals surface area contributed by atoms with Crippen LogP contribution in [0.4, 0.5) is 14.9 Å². The molecule has 1 aromatic carbocycles. The number of aliphatic hydroxyl groups excluding tert-OH is 2. The van der Waals surface area contributed by atoms with Crippen LogP contribution in [0.1, 0.15) is 36.3 Å². The minimum atomic E-state index is -0.837. The molecule has 1 aromatic heterocycles. The van der Waals surface area contributed by atoms with Gasteiger partial charge in [-0.15, -0.1) is 5.10 Å². The summed E-state index contributed by atoms with van der Waals surface area (Å²) in [5.74, 6) is -0.530. The van der Waals surface area contributed by atoms with E-state index < -0.39 is 18.3 Å². The first kappa shape index (κ1) is 17.6. The Morgan fingerprint density at radius 2 is 2.11 bits per heavy atom. The lowest BCUT2D eigenvalue weighted by Gasteiger charge is -2.30. The topological polar surface area (TPSA) is 101 Å². The van der Waals surface area contributed by atoms with E-state index in [-0.39, 0.29) is 23.9 Å². The van der Waals surface area contributed by atoms with Crippen LogP contribution in [0.5, 0.6) is 0 Å². The number of rotatable bonds is 3. The molecular weight excluding hydrogens is 367 g/mol. The van der Waals surface area contributed by atoms with E-state index in [1.807, 2.05) is 6.07 Å². The Labute approximate surface area is 160 Å². The van der Waals surface area contributed by atoms with Crippen LogP contribution in [-0.4, -0.2) is 55.7 Å². The van der Waals surface area contributed by atoms with Crippen LogP contribution in [0.15, 0.2) is 24.5 Å². The molecule has 3 unspecified atom stereocenters. The maximum Gasteiger partial charge on any atom is 0.415 e. The number of anilines is 1. The maximum atomic E-state index is 14.9. The third kappa shape index (κ3) is 2.77. The summed E-state index contributed by atoms with van der Waals surface area (Å²) in [5.41, 5.74) is 2.00. The molecule has 2 N–H and O–H groups in total. The van der Waals surface area contributed by atoms with Crippen molar-refractivity contribution in [2.75, 3.05) is 4.90 Å². The van der Waals surface area contributed by atoms with E-state index in [0.29, 0.717) is 43.5 Å². The predicted molar refractivity (Wildman–Crippen MR) is 95.3 cm³/mol. The van der Waals surface area contributed by atoms with Crippen LogP contribution in [0.3, 0.4) is 0 Å². The largest absolute Gasteiger partial charge is 0.442 e. The second kappa shape index (κ2) is 6.52. The molecule has 148 valence electrons. The van der Waals surface area contributed by atoms with Crippen molar-refractivity contribution in [2.24, 2.45) is 0 Å². The van der Waals surface area contributed by atoms with Crippen molar-refractivity contribution in [3.63, 3.8) is 0 Å². The van der Waals surface area contributed by atoms with Crippen molar-refractivity contribution in [3.8, 4) is 0 Å². The second-order valence-electron chi connectivity index (χ2n) is 7.84. The Morgan fingerprint density at radius 1 is 1.25 bits per heavy atom. The molecule has 28 heavy (non-hydrogen) atoms. The van der Waals surface area contributed by atoms with E-state index in [4.69, 9.17) is 4.74 Å². The lowest BCUT2D eigenvalue weighted by Crippen LogP contribution is -2.35. The number of fused-ring (bicyclic) bond motifs is 3. The van der Waals surface area contributed by atoms with Crippen LogP contribution < -0.4 is 4.90 Å². The highest BCUT2D eigenvalue weighted by Gasteiger charge is 2.48. The van der Waals surface area contributed by atoms with E-state index in [1.54, 1.807) is 17.1 Å². The number of carbonyl (C=O) groups excluding carboxylic acids is 1. The summed E-state index contributed by atoms with van der Waals surface area (Å²) in [6, 6.07) is 3.01. The van der Waals surface area contributed by atoms with Crippen LogP contribution in [0, 0.1) is 5.82 Å². The standard InChI is InChI=1S/C19H21FN4O4/c20-13-8-14-11(5-12(13)10-1-2-16(25)17(26)7-10)6-15-18(28-19(27)24(14)15)9-23-4-3-21-22-23/h3-5,8,10,15-18,25-26H,1-2,6-7,9H2/t10?,15-,16?,17?,18-/m0/s1. The van der Waals surface area contributed by atoms with Crippen molar-refractivity contribution in [1.29, 1.82) is 0 Å². The Hall–Kier alpha value is -2.52. The molecule has 8 nitrogen and oxygen atoms in total. The first-order valence-electron chi connectivity index (χ1n) is 9.53. The molecule has 9 heteroatoms. The first-order valence-corrected chi connectivity index (χ1v) is 9.53. The number of benzene rings is 1. The number of aliphatic hydroxyl groups is 2. The fraction of sp³-hybridized carbons (Fsp3) is 0.526. The zero-order valence-corrected chi connectivity index (χ0v) is 15.1. The Morgan fingerprint density at radius 3 is 2.86 bits per heavy atom.